The van der Waals surface area contributed by atoms with E-state index in [0.29, 0.717) is 5.69 Å². The molecule has 0 saturated carbocycles. The summed E-state index contributed by atoms with van der Waals surface area (Å²) < 4.78 is 0. The quantitative estimate of drug-likeness (QED) is 0.754. The molecule has 0 spiro atoms. The van der Waals surface area contributed by atoms with Crippen LogP contribution in [-0.4, -0.2) is 28.2 Å². The SMILES string of the molecule is CCCCN(CCCC)c1cncc(CO)n1. The van der Waals surface area contributed by atoms with Gasteiger partial charge in [0, 0.05) is 13.1 Å². The standard InChI is InChI=1S/C13H23N3O/c1-3-5-7-16(8-6-4-2)13-10-14-9-12(11-17)15-13/h9-10,17H,3-8,11H2,1-2H3. The molecule has 0 aliphatic carbocycles. The minimum Gasteiger partial charge on any atom is -0.390 e. The van der Waals surface area contributed by atoms with Crippen molar-refractivity contribution in [2.24, 2.45) is 0 Å². The van der Waals surface area contributed by atoms with Crippen LogP contribution in [0.15, 0.2) is 12.4 Å². The van der Waals surface area contributed by atoms with Crippen molar-refractivity contribution in [2.45, 2.75) is 46.1 Å². The minimum atomic E-state index is -0.0454. The van der Waals surface area contributed by atoms with Gasteiger partial charge < -0.3 is 10.0 Å². The largest absolute Gasteiger partial charge is 0.390 e. The van der Waals surface area contributed by atoms with E-state index in [1.165, 1.54) is 12.8 Å². The summed E-state index contributed by atoms with van der Waals surface area (Å²) in [4.78, 5) is 10.8. The van der Waals surface area contributed by atoms with Gasteiger partial charge in [-0.1, -0.05) is 26.7 Å². The van der Waals surface area contributed by atoms with Crippen LogP contribution in [0.1, 0.15) is 45.2 Å². The molecule has 0 radical (unpaired) electrons. The van der Waals surface area contributed by atoms with E-state index in [0.717, 1.165) is 31.7 Å². The van der Waals surface area contributed by atoms with E-state index in [-0.39, 0.29) is 6.61 Å². The average Bonchev–Trinajstić information content (AvgIpc) is 2.39. The summed E-state index contributed by atoms with van der Waals surface area (Å²) in [5.41, 5.74) is 0.639. The second kappa shape index (κ2) is 8.01. The molecule has 0 fully saturated rings. The lowest BCUT2D eigenvalue weighted by atomic mass is 10.2. The summed E-state index contributed by atoms with van der Waals surface area (Å²) in [5.74, 6) is 0.887. The van der Waals surface area contributed by atoms with E-state index in [4.69, 9.17) is 5.11 Å². The Bertz CT molecular complexity index is 309. The molecule has 0 atom stereocenters. The first kappa shape index (κ1) is 13.9. The molecular weight excluding hydrogens is 214 g/mol. The first-order valence-electron chi connectivity index (χ1n) is 6.48. The number of aliphatic hydroxyl groups excluding tert-OH is 1. The van der Waals surface area contributed by atoms with Crippen LogP contribution in [0.5, 0.6) is 0 Å². The van der Waals surface area contributed by atoms with Gasteiger partial charge in [-0.15, -0.1) is 0 Å². The Labute approximate surface area is 104 Å². The van der Waals surface area contributed by atoms with Crippen molar-refractivity contribution in [3.63, 3.8) is 0 Å². The van der Waals surface area contributed by atoms with Gasteiger partial charge in [0.25, 0.3) is 0 Å². The molecule has 0 aliphatic rings. The molecule has 4 heteroatoms. The highest BCUT2D eigenvalue weighted by Crippen LogP contribution is 2.12. The van der Waals surface area contributed by atoms with Gasteiger partial charge in [0.15, 0.2) is 0 Å². The Balaban J connectivity index is 2.71. The Kier molecular flexibility index (Phi) is 6.55. The lowest BCUT2D eigenvalue weighted by molar-refractivity contribution is 0.276. The number of aromatic nitrogens is 2. The molecule has 17 heavy (non-hydrogen) atoms. The predicted molar refractivity (Wildman–Crippen MR) is 70.0 cm³/mol. The van der Waals surface area contributed by atoms with Crippen molar-refractivity contribution in [2.75, 3.05) is 18.0 Å². The third-order valence-electron chi connectivity index (χ3n) is 2.72. The number of nitrogens with zero attached hydrogens (tertiary/aromatic N) is 3. The highest BCUT2D eigenvalue weighted by molar-refractivity contribution is 5.36. The molecule has 1 aromatic rings. The highest BCUT2D eigenvalue weighted by atomic mass is 16.3. The van der Waals surface area contributed by atoms with Crippen molar-refractivity contribution in [3.05, 3.63) is 18.1 Å². The van der Waals surface area contributed by atoms with Crippen molar-refractivity contribution in [1.82, 2.24) is 9.97 Å². The molecule has 0 saturated heterocycles. The molecule has 0 aliphatic heterocycles. The fourth-order valence-corrected chi connectivity index (χ4v) is 1.66. The Morgan fingerprint density at radius 2 is 1.76 bits per heavy atom. The molecule has 4 nitrogen and oxygen atoms in total. The van der Waals surface area contributed by atoms with E-state index in [1.807, 2.05) is 0 Å². The summed E-state index contributed by atoms with van der Waals surface area (Å²) in [6.07, 6.45) is 8.07. The molecule has 1 rings (SSSR count). The number of rotatable bonds is 8. The van der Waals surface area contributed by atoms with Gasteiger partial charge >= 0.3 is 0 Å². The Morgan fingerprint density at radius 1 is 1.12 bits per heavy atom. The van der Waals surface area contributed by atoms with Crippen LogP contribution < -0.4 is 4.90 Å². The number of hydrogen-bond acceptors (Lipinski definition) is 4. The van der Waals surface area contributed by atoms with E-state index in [9.17, 15) is 0 Å². The highest BCUT2D eigenvalue weighted by Gasteiger charge is 2.08. The van der Waals surface area contributed by atoms with Crippen LogP contribution in [0.3, 0.4) is 0 Å². The lowest BCUT2D eigenvalue weighted by Gasteiger charge is -2.23. The molecule has 0 unspecified atom stereocenters. The zero-order valence-corrected chi connectivity index (χ0v) is 10.9. The molecule has 0 amide bonds. The van der Waals surface area contributed by atoms with Crippen molar-refractivity contribution in [1.29, 1.82) is 0 Å². The lowest BCUT2D eigenvalue weighted by Crippen LogP contribution is -2.27. The smallest absolute Gasteiger partial charge is 0.147 e. The van der Waals surface area contributed by atoms with E-state index in [1.54, 1.807) is 12.4 Å². The molecule has 1 heterocycles. The number of anilines is 1. The maximum Gasteiger partial charge on any atom is 0.147 e. The molecule has 1 aromatic heterocycles. The fourth-order valence-electron chi connectivity index (χ4n) is 1.66. The molecule has 0 bridgehead atoms. The van der Waals surface area contributed by atoms with E-state index in [2.05, 4.69) is 28.7 Å². The first-order valence-corrected chi connectivity index (χ1v) is 6.48. The van der Waals surface area contributed by atoms with Crippen LogP contribution in [0.25, 0.3) is 0 Å². The van der Waals surface area contributed by atoms with E-state index < -0.39 is 0 Å². The molecule has 1 N–H and O–H groups in total. The van der Waals surface area contributed by atoms with Crippen LogP contribution in [0.4, 0.5) is 5.82 Å². The van der Waals surface area contributed by atoms with Gasteiger partial charge in [-0.05, 0) is 12.8 Å². The third-order valence-corrected chi connectivity index (χ3v) is 2.72. The summed E-state index contributed by atoms with van der Waals surface area (Å²) in [6, 6.07) is 0. The first-order chi connectivity index (χ1) is 8.31. The topological polar surface area (TPSA) is 49.2 Å². The number of aliphatic hydroxyl groups is 1. The molecule has 0 aromatic carbocycles. The zero-order chi connectivity index (χ0) is 12.5. The molecular formula is C13H23N3O. The van der Waals surface area contributed by atoms with Gasteiger partial charge in [-0.25, -0.2) is 4.98 Å². The van der Waals surface area contributed by atoms with Gasteiger partial charge in [0.1, 0.15) is 5.82 Å². The fraction of sp³-hybridized carbons (Fsp3) is 0.692. The number of unbranched alkanes of at least 4 members (excludes halogenated alkanes) is 2. The average molecular weight is 237 g/mol. The monoisotopic (exact) mass is 237 g/mol. The van der Waals surface area contributed by atoms with Crippen LogP contribution in [0, 0.1) is 0 Å². The maximum absolute atomic E-state index is 9.07. The summed E-state index contributed by atoms with van der Waals surface area (Å²) in [6.45, 7) is 6.36. The summed E-state index contributed by atoms with van der Waals surface area (Å²) >= 11 is 0. The van der Waals surface area contributed by atoms with E-state index >= 15 is 0 Å². The van der Waals surface area contributed by atoms with Crippen LogP contribution in [0.2, 0.25) is 0 Å². The second-order valence-electron chi connectivity index (χ2n) is 4.22. The second-order valence-corrected chi connectivity index (χ2v) is 4.22. The predicted octanol–water partition coefficient (Wildman–Crippen LogP) is 2.38. The van der Waals surface area contributed by atoms with Gasteiger partial charge in [-0.2, -0.15) is 0 Å². The zero-order valence-electron chi connectivity index (χ0n) is 10.9. The maximum atomic E-state index is 9.07. The Hall–Kier alpha value is -1.16. The minimum absolute atomic E-state index is 0.0454. The van der Waals surface area contributed by atoms with Gasteiger partial charge in [0.2, 0.25) is 0 Å². The van der Waals surface area contributed by atoms with Crippen molar-refractivity contribution < 1.29 is 5.11 Å². The summed E-state index contributed by atoms with van der Waals surface area (Å²) in [5, 5.41) is 9.07. The van der Waals surface area contributed by atoms with Crippen LogP contribution in [-0.2, 0) is 6.61 Å². The van der Waals surface area contributed by atoms with Crippen LogP contribution >= 0.6 is 0 Å². The molecule has 96 valence electrons. The summed E-state index contributed by atoms with van der Waals surface area (Å²) in [7, 11) is 0. The Morgan fingerprint density at radius 3 is 2.29 bits per heavy atom. The normalized spacial score (nSPS) is 10.5. The van der Waals surface area contributed by atoms with Crippen molar-refractivity contribution >= 4 is 5.82 Å². The van der Waals surface area contributed by atoms with Gasteiger partial charge in [-0.3, -0.25) is 4.98 Å². The third kappa shape index (κ3) is 4.69. The van der Waals surface area contributed by atoms with Gasteiger partial charge in [0.05, 0.1) is 24.7 Å². The van der Waals surface area contributed by atoms with Crippen molar-refractivity contribution in [3.8, 4) is 0 Å². The number of hydrogen-bond donors (Lipinski definition) is 1.